The molecule has 2 saturated heterocycles. The van der Waals surface area contributed by atoms with Crippen molar-refractivity contribution in [1.82, 2.24) is 15.7 Å². The SMILES string of the molecule is CC1(C)CC2CC(C)(CN2CC2CC(c3ccc(CO)cc3)OC(c3ccc(CNC(=O)CCCCC(=O)NO)cc3)O2)C1. The number of amides is 2. The van der Waals surface area contributed by atoms with Crippen LogP contribution in [0.2, 0.25) is 0 Å². The van der Waals surface area contributed by atoms with Gasteiger partial charge in [-0.15, -0.1) is 0 Å². The maximum Gasteiger partial charge on any atom is 0.243 e. The number of aliphatic hydroxyl groups is 1. The van der Waals surface area contributed by atoms with Crippen LogP contribution in [0.15, 0.2) is 48.5 Å². The molecule has 240 valence electrons. The number of ether oxygens (including phenoxy) is 2. The number of hydrogen-bond acceptors (Lipinski definition) is 7. The molecule has 5 rings (SSSR count). The minimum Gasteiger partial charge on any atom is -0.392 e. The summed E-state index contributed by atoms with van der Waals surface area (Å²) < 4.78 is 13.2. The Labute approximate surface area is 261 Å². The van der Waals surface area contributed by atoms with Gasteiger partial charge in [-0.05, 0) is 59.6 Å². The van der Waals surface area contributed by atoms with Crippen molar-refractivity contribution < 1.29 is 29.4 Å². The van der Waals surface area contributed by atoms with Gasteiger partial charge in [-0.1, -0.05) is 69.3 Å². The topological polar surface area (TPSA) is 120 Å². The van der Waals surface area contributed by atoms with Crippen LogP contribution in [-0.4, -0.2) is 52.3 Å². The molecule has 0 aromatic heterocycles. The third-order valence-electron chi connectivity index (χ3n) is 9.50. The van der Waals surface area contributed by atoms with Crippen molar-refractivity contribution in [1.29, 1.82) is 0 Å². The highest BCUT2D eigenvalue weighted by Crippen LogP contribution is 2.53. The molecule has 0 spiro atoms. The highest BCUT2D eigenvalue weighted by Gasteiger charge is 2.50. The molecule has 2 aliphatic heterocycles. The summed E-state index contributed by atoms with van der Waals surface area (Å²) in [6.45, 7) is 9.69. The van der Waals surface area contributed by atoms with Crippen molar-refractivity contribution in [3.63, 3.8) is 0 Å². The number of likely N-dealkylation sites (tertiary alicyclic amines) is 1. The zero-order valence-electron chi connectivity index (χ0n) is 26.4. The van der Waals surface area contributed by atoms with Crippen LogP contribution in [0.4, 0.5) is 0 Å². The third kappa shape index (κ3) is 8.46. The van der Waals surface area contributed by atoms with Crippen molar-refractivity contribution in [3.05, 3.63) is 70.8 Å². The number of hydroxylamine groups is 1. The van der Waals surface area contributed by atoms with E-state index >= 15 is 0 Å². The van der Waals surface area contributed by atoms with E-state index in [0.29, 0.717) is 42.7 Å². The summed E-state index contributed by atoms with van der Waals surface area (Å²) in [5.41, 5.74) is 6.22. The lowest BCUT2D eigenvalue weighted by Crippen LogP contribution is -2.42. The number of fused-ring (bicyclic) bond motifs is 2. The first-order chi connectivity index (χ1) is 21.0. The Balaban J connectivity index is 1.22. The van der Waals surface area contributed by atoms with E-state index < -0.39 is 12.2 Å². The normalized spacial score (nSPS) is 28.0. The summed E-state index contributed by atoms with van der Waals surface area (Å²) >= 11 is 0. The van der Waals surface area contributed by atoms with E-state index in [1.165, 1.54) is 19.3 Å². The molecule has 2 aromatic carbocycles. The van der Waals surface area contributed by atoms with E-state index in [2.05, 4.69) is 43.1 Å². The molecule has 1 saturated carbocycles. The van der Waals surface area contributed by atoms with Crippen LogP contribution < -0.4 is 10.8 Å². The number of aliphatic hydroxyl groups excluding tert-OH is 1. The molecule has 3 fully saturated rings. The minimum absolute atomic E-state index is 0.0157. The lowest BCUT2D eigenvalue weighted by atomic mass is 9.65. The molecule has 2 aromatic rings. The van der Waals surface area contributed by atoms with E-state index in [9.17, 15) is 14.7 Å². The molecule has 9 nitrogen and oxygen atoms in total. The minimum atomic E-state index is -0.509. The number of nitrogens with one attached hydrogen (secondary N) is 2. The first kappa shape index (κ1) is 32.6. The molecule has 3 aliphatic rings. The highest BCUT2D eigenvalue weighted by molar-refractivity contribution is 5.76. The molecule has 2 bridgehead atoms. The third-order valence-corrected chi connectivity index (χ3v) is 9.50. The van der Waals surface area contributed by atoms with Gasteiger partial charge in [0.25, 0.3) is 0 Å². The average molecular weight is 608 g/mol. The molecule has 2 heterocycles. The second-order valence-electron chi connectivity index (χ2n) is 14.3. The molecule has 5 atom stereocenters. The number of hydrogen-bond donors (Lipinski definition) is 4. The number of carbonyl (C=O) groups excluding carboxylic acids is 2. The van der Waals surface area contributed by atoms with Crippen LogP contribution >= 0.6 is 0 Å². The maximum atomic E-state index is 12.2. The van der Waals surface area contributed by atoms with E-state index in [-0.39, 0.29) is 31.1 Å². The molecule has 1 aliphatic carbocycles. The van der Waals surface area contributed by atoms with Crippen molar-refractivity contribution in [2.24, 2.45) is 10.8 Å². The summed E-state index contributed by atoms with van der Waals surface area (Å²) in [4.78, 5) is 26.0. The van der Waals surface area contributed by atoms with Gasteiger partial charge in [0.05, 0.1) is 18.8 Å². The van der Waals surface area contributed by atoms with Gasteiger partial charge in [-0.25, -0.2) is 5.48 Å². The smallest absolute Gasteiger partial charge is 0.243 e. The summed E-state index contributed by atoms with van der Waals surface area (Å²) in [7, 11) is 0. The van der Waals surface area contributed by atoms with E-state index in [1.807, 2.05) is 36.4 Å². The van der Waals surface area contributed by atoms with E-state index in [1.54, 1.807) is 5.48 Å². The van der Waals surface area contributed by atoms with E-state index in [0.717, 1.165) is 41.8 Å². The van der Waals surface area contributed by atoms with Gasteiger partial charge in [0.1, 0.15) is 0 Å². The van der Waals surface area contributed by atoms with Crippen LogP contribution in [0, 0.1) is 10.8 Å². The van der Waals surface area contributed by atoms with Crippen LogP contribution in [0.25, 0.3) is 0 Å². The predicted octanol–water partition coefficient (Wildman–Crippen LogP) is 5.31. The van der Waals surface area contributed by atoms with Crippen molar-refractivity contribution in [2.75, 3.05) is 13.1 Å². The van der Waals surface area contributed by atoms with Gasteiger partial charge in [0, 0.05) is 50.5 Å². The first-order valence-corrected chi connectivity index (χ1v) is 16.1. The summed E-state index contributed by atoms with van der Waals surface area (Å²) in [5.74, 6) is -0.510. The Morgan fingerprint density at radius 2 is 1.57 bits per heavy atom. The summed E-state index contributed by atoms with van der Waals surface area (Å²) in [5, 5.41) is 21.0. The quantitative estimate of drug-likeness (QED) is 0.147. The van der Waals surface area contributed by atoms with Crippen LogP contribution in [0.3, 0.4) is 0 Å². The second kappa shape index (κ2) is 14.1. The zero-order valence-corrected chi connectivity index (χ0v) is 26.4. The molecule has 2 amide bonds. The lowest BCUT2D eigenvalue weighted by molar-refractivity contribution is -0.253. The van der Waals surface area contributed by atoms with E-state index in [4.69, 9.17) is 14.7 Å². The number of rotatable bonds is 12. The molecule has 0 radical (unpaired) electrons. The Kier molecular flexibility index (Phi) is 10.4. The van der Waals surface area contributed by atoms with Gasteiger partial charge >= 0.3 is 0 Å². The standard InChI is InChI=1S/C35H49N3O6/c1-34(2)17-28-18-35(3,22-34)23-38(28)20-29-16-30(26-12-10-25(21-39)11-13-26)44-33(43-29)27-14-8-24(9-15-27)19-36-31(40)6-4-5-7-32(41)37-42/h8-15,28-30,33,39,42H,4-7,16-23H2,1-3H3,(H,36,40)(H,37,41). The summed E-state index contributed by atoms with van der Waals surface area (Å²) in [6, 6.07) is 16.6. The highest BCUT2D eigenvalue weighted by atomic mass is 16.7. The van der Waals surface area contributed by atoms with Crippen molar-refractivity contribution in [3.8, 4) is 0 Å². The van der Waals surface area contributed by atoms with Gasteiger partial charge < -0.3 is 19.9 Å². The first-order valence-electron chi connectivity index (χ1n) is 16.1. The predicted molar refractivity (Wildman–Crippen MR) is 166 cm³/mol. The van der Waals surface area contributed by atoms with Crippen LogP contribution in [-0.2, 0) is 32.2 Å². The number of benzene rings is 2. The van der Waals surface area contributed by atoms with Gasteiger partial charge in [-0.2, -0.15) is 0 Å². The van der Waals surface area contributed by atoms with Gasteiger partial charge in [0.2, 0.25) is 11.8 Å². The maximum absolute atomic E-state index is 12.2. The molecule has 44 heavy (non-hydrogen) atoms. The molecule has 4 N–H and O–H groups in total. The van der Waals surface area contributed by atoms with Crippen LogP contribution in [0.5, 0.6) is 0 Å². The van der Waals surface area contributed by atoms with Crippen molar-refractivity contribution >= 4 is 11.8 Å². The zero-order chi connectivity index (χ0) is 31.3. The fourth-order valence-corrected chi connectivity index (χ4v) is 7.79. The van der Waals surface area contributed by atoms with Gasteiger partial charge in [-0.3, -0.25) is 19.7 Å². The Morgan fingerprint density at radius 1 is 0.909 bits per heavy atom. The number of nitrogens with zero attached hydrogens (tertiary/aromatic N) is 1. The van der Waals surface area contributed by atoms with Crippen molar-refractivity contribution in [2.45, 2.75) is 110 Å². The van der Waals surface area contributed by atoms with Gasteiger partial charge in [0.15, 0.2) is 6.29 Å². The second-order valence-corrected chi connectivity index (χ2v) is 14.3. The monoisotopic (exact) mass is 607 g/mol. The Morgan fingerprint density at radius 3 is 2.25 bits per heavy atom. The molecular weight excluding hydrogens is 558 g/mol. The average Bonchev–Trinajstić information content (AvgIpc) is 3.25. The number of carbonyl (C=O) groups is 2. The van der Waals surface area contributed by atoms with Crippen LogP contribution in [0.1, 0.15) is 107 Å². The fourth-order valence-electron chi connectivity index (χ4n) is 7.79. The summed E-state index contributed by atoms with van der Waals surface area (Å²) in [6.07, 6.45) is 5.55. The molecule has 5 unspecified atom stereocenters. The Bertz CT molecular complexity index is 1270. The lowest BCUT2D eigenvalue weighted by Gasteiger charge is -2.41. The largest absolute Gasteiger partial charge is 0.392 e. The fraction of sp³-hybridized carbons (Fsp3) is 0.600. The Hall–Kier alpha value is -2.82. The molecular formula is C35H49N3O6. The number of unbranched alkanes of at least 4 members (excludes halogenated alkanes) is 1. The molecule has 9 heteroatoms.